The van der Waals surface area contributed by atoms with Gasteiger partial charge in [0.05, 0.1) is 25.5 Å². The number of thioether (sulfide) groups is 1. The summed E-state index contributed by atoms with van der Waals surface area (Å²) in [5.74, 6) is 0.0474. The molecule has 2 amide bonds. The van der Waals surface area contributed by atoms with Gasteiger partial charge >= 0.3 is 0 Å². The molecule has 1 fully saturated rings. The van der Waals surface area contributed by atoms with Crippen molar-refractivity contribution >= 4 is 45.7 Å². The summed E-state index contributed by atoms with van der Waals surface area (Å²) in [5, 5.41) is 12.0. The number of morpholine rings is 1. The van der Waals surface area contributed by atoms with Gasteiger partial charge in [0.2, 0.25) is 16.9 Å². The molecule has 27 heavy (non-hydrogen) atoms. The van der Waals surface area contributed by atoms with Crippen molar-refractivity contribution in [3.05, 3.63) is 30.3 Å². The SMILES string of the molecule is CN(CC(=O)N1CCOCC1)C(=O)CSc1nnc(Nc2ccccc2)s1. The quantitative estimate of drug-likeness (QED) is 0.699. The van der Waals surface area contributed by atoms with Gasteiger partial charge in [-0.1, -0.05) is 41.3 Å². The standard InChI is InChI=1S/C17H21N5O3S2/c1-21(11-14(23)22-7-9-25-10-8-22)15(24)12-26-17-20-19-16(27-17)18-13-5-3-2-4-6-13/h2-6H,7-12H2,1H3,(H,18,19). The minimum atomic E-state index is -0.116. The molecule has 0 bridgehead atoms. The number of hydrogen-bond donors (Lipinski definition) is 1. The smallest absolute Gasteiger partial charge is 0.242 e. The van der Waals surface area contributed by atoms with Crippen LogP contribution in [0.2, 0.25) is 0 Å². The fourth-order valence-corrected chi connectivity index (χ4v) is 4.11. The predicted octanol–water partition coefficient (Wildman–Crippen LogP) is 1.69. The number of rotatable bonds is 7. The van der Waals surface area contributed by atoms with Crippen LogP contribution in [0.25, 0.3) is 0 Å². The number of nitrogens with one attached hydrogen (secondary N) is 1. The molecule has 1 aromatic carbocycles. The molecule has 0 radical (unpaired) electrons. The number of aromatic nitrogens is 2. The summed E-state index contributed by atoms with van der Waals surface area (Å²) < 4.78 is 5.94. The van der Waals surface area contributed by atoms with Crippen LogP contribution in [0.4, 0.5) is 10.8 Å². The molecule has 1 aliphatic rings. The summed E-state index contributed by atoms with van der Waals surface area (Å²) in [7, 11) is 1.64. The van der Waals surface area contributed by atoms with E-state index in [9.17, 15) is 9.59 Å². The molecule has 2 heterocycles. The maximum Gasteiger partial charge on any atom is 0.242 e. The molecular weight excluding hydrogens is 386 g/mol. The highest BCUT2D eigenvalue weighted by atomic mass is 32.2. The number of benzene rings is 1. The number of nitrogens with zero attached hydrogens (tertiary/aromatic N) is 4. The van der Waals surface area contributed by atoms with E-state index in [1.165, 1.54) is 28.0 Å². The van der Waals surface area contributed by atoms with E-state index in [1.54, 1.807) is 11.9 Å². The van der Waals surface area contributed by atoms with Crippen LogP contribution in [0.1, 0.15) is 0 Å². The Morgan fingerprint density at radius 2 is 2.00 bits per heavy atom. The predicted molar refractivity (Wildman–Crippen MR) is 105 cm³/mol. The van der Waals surface area contributed by atoms with Crippen LogP contribution in [-0.4, -0.2) is 77.5 Å². The Labute approximate surface area is 165 Å². The van der Waals surface area contributed by atoms with E-state index in [2.05, 4.69) is 15.5 Å². The van der Waals surface area contributed by atoms with Crippen molar-refractivity contribution in [3.63, 3.8) is 0 Å². The summed E-state index contributed by atoms with van der Waals surface area (Å²) >= 11 is 2.71. The third kappa shape index (κ3) is 5.91. The van der Waals surface area contributed by atoms with Crippen LogP contribution in [0, 0.1) is 0 Å². The highest BCUT2D eigenvalue weighted by molar-refractivity contribution is 8.01. The number of anilines is 2. The number of amides is 2. The monoisotopic (exact) mass is 407 g/mol. The van der Waals surface area contributed by atoms with Crippen LogP contribution in [0.3, 0.4) is 0 Å². The number of ether oxygens (including phenoxy) is 1. The van der Waals surface area contributed by atoms with Crippen LogP contribution in [0.5, 0.6) is 0 Å². The van der Waals surface area contributed by atoms with E-state index in [0.29, 0.717) is 35.8 Å². The topological polar surface area (TPSA) is 87.7 Å². The van der Waals surface area contributed by atoms with Crippen molar-refractivity contribution in [2.45, 2.75) is 4.34 Å². The van der Waals surface area contributed by atoms with Gasteiger partial charge in [-0.15, -0.1) is 10.2 Å². The summed E-state index contributed by atoms with van der Waals surface area (Å²) in [4.78, 5) is 27.7. The van der Waals surface area contributed by atoms with Crippen molar-refractivity contribution < 1.29 is 14.3 Å². The van der Waals surface area contributed by atoms with Gasteiger partial charge in [-0.25, -0.2) is 0 Å². The zero-order valence-electron chi connectivity index (χ0n) is 15.0. The number of hydrogen-bond acceptors (Lipinski definition) is 8. The Balaban J connectivity index is 1.43. The zero-order chi connectivity index (χ0) is 19.1. The molecule has 0 aliphatic carbocycles. The van der Waals surface area contributed by atoms with Crippen molar-refractivity contribution in [3.8, 4) is 0 Å². The zero-order valence-corrected chi connectivity index (χ0v) is 16.6. The second kappa shape index (κ2) is 9.67. The van der Waals surface area contributed by atoms with Crippen LogP contribution >= 0.6 is 23.1 Å². The van der Waals surface area contributed by atoms with E-state index in [-0.39, 0.29) is 24.1 Å². The number of carbonyl (C=O) groups is 2. The van der Waals surface area contributed by atoms with Crippen LogP contribution < -0.4 is 5.32 Å². The molecule has 10 heteroatoms. The lowest BCUT2D eigenvalue weighted by Crippen LogP contribution is -2.46. The number of carbonyl (C=O) groups excluding carboxylic acids is 2. The van der Waals surface area contributed by atoms with Crippen LogP contribution in [0.15, 0.2) is 34.7 Å². The Bertz CT molecular complexity index is 765. The second-order valence-electron chi connectivity index (χ2n) is 5.90. The van der Waals surface area contributed by atoms with Crippen LogP contribution in [-0.2, 0) is 14.3 Å². The van der Waals surface area contributed by atoms with E-state index in [4.69, 9.17) is 4.74 Å². The Morgan fingerprint density at radius 1 is 1.26 bits per heavy atom. The van der Waals surface area contributed by atoms with Gasteiger partial charge < -0.3 is 19.9 Å². The molecule has 1 N–H and O–H groups in total. The summed E-state index contributed by atoms with van der Waals surface area (Å²) in [5.41, 5.74) is 0.933. The van der Waals surface area contributed by atoms with E-state index < -0.39 is 0 Å². The molecule has 0 spiro atoms. The van der Waals surface area contributed by atoms with Gasteiger partial charge in [-0.2, -0.15) is 0 Å². The Kier molecular flexibility index (Phi) is 7.02. The average molecular weight is 408 g/mol. The fourth-order valence-electron chi connectivity index (χ4n) is 2.40. The van der Waals surface area contributed by atoms with Gasteiger partial charge in [0.1, 0.15) is 0 Å². The minimum Gasteiger partial charge on any atom is -0.378 e. The molecule has 0 saturated carbocycles. The van der Waals surface area contributed by atoms with Crippen molar-refractivity contribution in [2.75, 3.05) is 51.0 Å². The Morgan fingerprint density at radius 3 is 2.74 bits per heavy atom. The average Bonchev–Trinajstić information content (AvgIpc) is 3.14. The Hall–Kier alpha value is -2.17. The highest BCUT2D eigenvalue weighted by Gasteiger charge is 2.20. The molecule has 1 aliphatic heterocycles. The normalized spacial score (nSPS) is 14.0. The maximum atomic E-state index is 12.3. The molecule has 1 aromatic heterocycles. The third-order valence-electron chi connectivity index (χ3n) is 3.91. The van der Waals surface area contributed by atoms with E-state index in [0.717, 1.165) is 5.69 Å². The molecular formula is C17H21N5O3S2. The lowest BCUT2D eigenvalue weighted by Gasteiger charge is -2.28. The molecule has 0 unspecified atom stereocenters. The molecule has 1 saturated heterocycles. The second-order valence-corrected chi connectivity index (χ2v) is 8.10. The van der Waals surface area contributed by atoms with Gasteiger partial charge in [0, 0.05) is 25.8 Å². The highest BCUT2D eigenvalue weighted by Crippen LogP contribution is 2.27. The minimum absolute atomic E-state index is 0.0515. The first-order chi connectivity index (χ1) is 13.1. The van der Waals surface area contributed by atoms with Crippen molar-refractivity contribution in [1.29, 1.82) is 0 Å². The lowest BCUT2D eigenvalue weighted by atomic mass is 10.3. The van der Waals surface area contributed by atoms with Crippen molar-refractivity contribution in [1.82, 2.24) is 20.0 Å². The fraction of sp³-hybridized carbons (Fsp3) is 0.412. The number of para-hydroxylation sites is 1. The maximum absolute atomic E-state index is 12.3. The molecule has 3 rings (SSSR count). The lowest BCUT2D eigenvalue weighted by molar-refractivity contribution is -0.140. The molecule has 144 valence electrons. The van der Waals surface area contributed by atoms with E-state index >= 15 is 0 Å². The largest absolute Gasteiger partial charge is 0.378 e. The first-order valence-corrected chi connectivity index (χ1v) is 10.3. The summed E-state index contributed by atoms with van der Waals surface area (Å²) in [6, 6.07) is 9.70. The first-order valence-electron chi connectivity index (χ1n) is 8.49. The molecule has 0 atom stereocenters. The summed E-state index contributed by atoms with van der Waals surface area (Å²) in [6.07, 6.45) is 0. The summed E-state index contributed by atoms with van der Waals surface area (Å²) in [6.45, 7) is 2.34. The molecule has 2 aromatic rings. The first kappa shape index (κ1) is 19.6. The number of likely N-dealkylation sites (N-methyl/N-ethyl adjacent to an activating group) is 1. The molecule has 8 nitrogen and oxygen atoms in total. The van der Waals surface area contributed by atoms with Gasteiger partial charge in [0.15, 0.2) is 4.34 Å². The van der Waals surface area contributed by atoms with Gasteiger partial charge in [0.25, 0.3) is 0 Å². The van der Waals surface area contributed by atoms with E-state index in [1.807, 2.05) is 30.3 Å². The van der Waals surface area contributed by atoms with Gasteiger partial charge in [-0.05, 0) is 12.1 Å². The van der Waals surface area contributed by atoms with Crippen molar-refractivity contribution in [2.24, 2.45) is 0 Å². The van der Waals surface area contributed by atoms with Gasteiger partial charge in [-0.3, -0.25) is 9.59 Å². The third-order valence-corrected chi connectivity index (χ3v) is 5.87.